The molecule has 0 radical (unpaired) electrons. The van der Waals surface area contributed by atoms with Crippen LogP contribution in [0.4, 0.5) is 0 Å². The van der Waals surface area contributed by atoms with Crippen molar-refractivity contribution in [3.8, 4) is 0 Å². The van der Waals surface area contributed by atoms with Gasteiger partial charge in [-0.05, 0) is 37.3 Å². The van der Waals surface area contributed by atoms with E-state index in [1.54, 1.807) is 11.7 Å². The van der Waals surface area contributed by atoms with Gasteiger partial charge in [0, 0.05) is 44.7 Å². The maximum atomic E-state index is 12.3. The van der Waals surface area contributed by atoms with Crippen LogP contribution in [0, 0.1) is 0 Å². The lowest BCUT2D eigenvalue weighted by Gasteiger charge is -2.12. The van der Waals surface area contributed by atoms with Crippen molar-refractivity contribution in [1.29, 1.82) is 0 Å². The van der Waals surface area contributed by atoms with E-state index in [1.165, 1.54) is 0 Å². The van der Waals surface area contributed by atoms with Gasteiger partial charge in [-0.2, -0.15) is 5.10 Å². The zero-order chi connectivity index (χ0) is 19.1. The van der Waals surface area contributed by atoms with Crippen molar-refractivity contribution in [3.63, 3.8) is 0 Å². The first-order chi connectivity index (χ1) is 13.2. The van der Waals surface area contributed by atoms with Gasteiger partial charge in [0.15, 0.2) is 5.96 Å². The molecule has 0 bridgehead atoms. The Hall–Kier alpha value is -1.55. The zero-order valence-electron chi connectivity index (χ0n) is 16.2. The number of fused-ring (bicyclic) bond motifs is 1. The normalized spacial score (nSPS) is 13.6. The highest BCUT2D eigenvalue weighted by Gasteiger charge is 2.16. The minimum atomic E-state index is 0. The van der Waals surface area contributed by atoms with E-state index < -0.39 is 0 Å². The second-order valence-electron chi connectivity index (χ2n) is 6.65. The first kappa shape index (κ1) is 22.7. The number of aliphatic imine (C=N–C) groups is 1. The number of rotatable bonds is 7. The summed E-state index contributed by atoms with van der Waals surface area (Å²) in [7, 11) is 1.75. The van der Waals surface area contributed by atoms with Crippen LogP contribution >= 0.6 is 35.6 Å². The molecule has 28 heavy (non-hydrogen) atoms. The van der Waals surface area contributed by atoms with Crippen molar-refractivity contribution in [2.45, 2.75) is 45.2 Å². The van der Waals surface area contributed by atoms with Gasteiger partial charge in [0.2, 0.25) is 0 Å². The van der Waals surface area contributed by atoms with Gasteiger partial charge in [-0.25, -0.2) is 9.48 Å². The first-order valence-corrected chi connectivity index (χ1v) is 9.91. The maximum Gasteiger partial charge on any atom is 0.345 e. The third-order valence-electron chi connectivity index (χ3n) is 4.74. The number of nitrogens with one attached hydrogen (secondary N) is 2. The Morgan fingerprint density at radius 1 is 1.25 bits per heavy atom. The Morgan fingerprint density at radius 3 is 2.79 bits per heavy atom. The minimum absolute atomic E-state index is 0. The molecule has 3 rings (SSSR count). The van der Waals surface area contributed by atoms with Gasteiger partial charge in [-0.1, -0.05) is 29.8 Å². The van der Waals surface area contributed by atoms with E-state index in [4.69, 9.17) is 11.6 Å². The van der Waals surface area contributed by atoms with Crippen LogP contribution in [0.5, 0.6) is 0 Å². The predicted octanol–water partition coefficient (Wildman–Crippen LogP) is 2.45. The molecule has 7 nitrogen and oxygen atoms in total. The molecule has 1 aliphatic heterocycles. The summed E-state index contributed by atoms with van der Waals surface area (Å²) in [6.45, 7) is 2.88. The van der Waals surface area contributed by atoms with Gasteiger partial charge in [0.1, 0.15) is 5.82 Å². The quantitative estimate of drug-likeness (QED) is 0.256. The second-order valence-corrected chi connectivity index (χ2v) is 7.06. The maximum absolute atomic E-state index is 12.3. The molecule has 2 aromatic rings. The molecule has 1 aromatic carbocycles. The van der Waals surface area contributed by atoms with Gasteiger partial charge >= 0.3 is 5.69 Å². The van der Waals surface area contributed by atoms with Crippen LogP contribution in [0.2, 0.25) is 5.02 Å². The third kappa shape index (κ3) is 5.97. The van der Waals surface area contributed by atoms with Crippen LogP contribution in [-0.2, 0) is 25.9 Å². The molecular weight excluding hydrogens is 491 g/mol. The first-order valence-electron chi connectivity index (χ1n) is 9.53. The summed E-state index contributed by atoms with van der Waals surface area (Å²) in [5.74, 6) is 1.68. The highest BCUT2D eigenvalue weighted by atomic mass is 127. The number of halogens is 2. The summed E-state index contributed by atoms with van der Waals surface area (Å²) in [6, 6.07) is 7.85. The monoisotopic (exact) mass is 518 g/mol. The molecule has 0 aliphatic carbocycles. The lowest BCUT2D eigenvalue weighted by molar-refractivity contribution is 0.509. The van der Waals surface area contributed by atoms with Gasteiger partial charge < -0.3 is 10.6 Å². The largest absolute Gasteiger partial charge is 0.356 e. The Balaban J connectivity index is 0.00000280. The van der Waals surface area contributed by atoms with Crippen LogP contribution in [0.1, 0.15) is 30.7 Å². The fourth-order valence-corrected chi connectivity index (χ4v) is 3.50. The summed E-state index contributed by atoms with van der Waals surface area (Å²) >= 11 is 6.18. The van der Waals surface area contributed by atoms with Crippen LogP contribution in [0.25, 0.3) is 0 Å². The summed E-state index contributed by atoms with van der Waals surface area (Å²) in [5.41, 5.74) is 1.14. The molecule has 0 unspecified atom stereocenters. The fourth-order valence-electron chi connectivity index (χ4n) is 3.27. The van der Waals surface area contributed by atoms with E-state index in [2.05, 4.69) is 20.7 Å². The van der Waals surface area contributed by atoms with Crippen molar-refractivity contribution in [2.24, 2.45) is 4.99 Å². The summed E-state index contributed by atoms with van der Waals surface area (Å²) < 4.78 is 3.40. The number of nitrogens with zero attached hydrogens (tertiary/aromatic N) is 4. The number of benzene rings is 1. The predicted molar refractivity (Wildman–Crippen MR) is 124 cm³/mol. The van der Waals surface area contributed by atoms with Crippen LogP contribution in [-0.4, -0.2) is 40.4 Å². The summed E-state index contributed by atoms with van der Waals surface area (Å²) in [4.78, 5) is 16.5. The molecule has 0 saturated carbocycles. The zero-order valence-corrected chi connectivity index (χ0v) is 19.2. The van der Waals surface area contributed by atoms with E-state index in [0.29, 0.717) is 6.54 Å². The van der Waals surface area contributed by atoms with Crippen molar-refractivity contribution >= 4 is 41.5 Å². The lowest BCUT2D eigenvalue weighted by atomic mass is 10.1. The lowest BCUT2D eigenvalue weighted by Crippen LogP contribution is -2.39. The highest BCUT2D eigenvalue weighted by Crippen LogP contribution is 2.14. The smallest absolute Gasteiger partial charge is 0.345 e. The number of hydrogen-bond acceptors (Lipinski definition) is 3. The van der Waals surface area contributed by atoms with Gasteiger partial charge in [0.25, 0.3) is 0 Å². The van der Waals surface area contributed by atoms with Crippen molar-refractivity contribution in [2.75, 3.05) is 20.1 Å². The molecular formula is C19H28ClIN6O. The number of aromatic nitrogens is 3. The fraction of sp³-hybridized carbons (Fsp3) is 0.526. The average molecular weight is 519 g/mol. The average Bonchev–Trinajstić information content (AvgIpc) is 3.01. The van der Waals surface area contributed by atoms with Gasteiger partial charge in [-0.15, -0.1) is 24.0 Å². The molecule has 2 N–H and O–H groups in total. The molecule has 9 heteroatoms. The molecule has 1 aliphatic rings. The minimum Gasteiger partial charge on any atom is -0.356 e. The van der Waals surface area contributed by atoms with Gasteiger partial charge in [0.05, 0.1) is 0 Å². The van der Waals surface area contributed by atoms with E-state index in [1.807, 2.05) is 28.8 Å². The third-order valence-corrected chi connectivity index (χ3v) is 5.11. The van der Waals surface area contributed by atoms with E-state index in [9.17, 15) is 4.79 Å². The van der Waals surface area contributed by atoms with Crippen molar-refractivity contribution < 1.29 is 0 Å². The van der Waals surface area contributed by atoms with Crippen molar-refractivity contribution in [1.82, 2.24) is 25.0 Å². The molecule has 0 atom stereocenters. The van der Waals surface area contributed by atoms with Gasteiger partial charge in [-0.3, -0.25) is 9.56 Å². The number of aryl methyl sites for hydroxylation is 2. The Morgan fingerprint density at radius 2 is 2.04 bits per heavy atom. The molecule has 1 aromatic heterocycles. The van der Waals surface area contributed by atoms with E-state index >= 15 is 0 Å². The van der Waals surface area contributed by atoms with Crippen LogP contribution in [0.15, 0.2) is 34.1 Å². The molecule has 154 valence electrons. The number of hydrogen-bond donors (Lipinski definition) is 2. The Kier molecular flexibility index (Phi) is 9.30. The number of guanidine groups is 1. The Labute approximate surface area is 187 Å². The topological polar surface area (TPSA) is 76.2 Å². The highest BCUT2D eigenvalue weighted by molar-refractivity contribution is 14.0. The molecule has 0 saturated heterocycles. The molecule has 0 amide bonds. The van der Waals surface area contributed by atoms with Crippen molar-refractivity contribution in [3.05, 3.63) is 51.2 Å². The van der Waals surface area contributed by atoms with Crippen LogP contribution < -0.4 is 16.3 Å². The standard InChI is InChI=1S/C19H27ClN6O.HI/c1-21-18(23-12-10-15-7-2-3-8-16(15)20)22-11-6-14-26-19(27)25-13-5-4-9-17(25)24-26;/h2-3,7-8H,4-6,9-14H2,1H3,(H2,21,22,23);1H. The Bertz CT molecular complexity index is 847. The molecule has 2 heterocycles. The van der Waals surface area contributed by atoms with Crippen LogP contribution in [0.3, 0.4) is 0 Å². The molecule has 0 spiro atoms. The van der Waals surface area contributed by atoms with E-state index in [-0.39, 0.29) is 29.7 Å². The SMILES string of the molecule is CN=C(NCCCn1nc2n(c1=O)CCCC2)NCCc1ccccc1Cl.I. The molecule has 0 fully saturated rings. The van der Waals surface area contributed by atoms with E-state index in [0.717, 1.165) is 74.1 Å². The summed E-state index contributed by atoms with van der Waals surface area (Å²) in [5, 5.41) is 11.8. The summed E-state index contributed by atoms with van der Waals surface area (Å²) in [6.07, 6.45) is 4.73. The second kappa shape index (κ2) is 11.5.